The third-order valence-electron chi connectivity index (χ3n) is 2.48. The number of ether oxygens (including phenoxy) is 1. The van der Waals surface area contributed by atoms with E-state index in [4.69, 9.17) is 4.74 Å². The quantitative estimate of drug-likeness (QED) is 0.781. The molecule has 0 fully saturated rings. The molecule has 0 atom stereocenters. The van der Waals surface area contributed by atoms with Crippen molar-refractivity contribution in [2.45, 2.75) is 31.6 Å². The van der Waals surface area contributed by atoms with Crippen LogP contribution in [0.3, 0.4) is 0 Å². The van der Waals surface area contributed by atoms with Crippen LogP contribution in [0, 0.1) is 0 Å². The molecule has 1 aromatic carbocycles. The zero-order valence-corrected chi connectivity index (χ0v) is 13.0. The number of rotatable bonds is 5. The average Bonchev–Trinajstić information content (AvgIpc) is 2.27. The molecule has 18 heavy (non-hydrogen) atoms. The molecule has 1 rings (SSSR count). The van der Waals surface area contributed by atoms with Crippen molar-refractivity contribution in [1.82, 2.24) is 4.90 Å². The molecule has 0 radical (unpaired) electrons. The third-order valence-corrected chi connectivity index (χ3v) is 2.82. The summed E-state index contributed by atoms with van der Waals surface area (Å²) < 4.78 is 4.91. The van der Waals surface area contributed by atoms with Gasteiger partial charge in [-0.05, 0) is 38.5 Å². The van der Waals surface area contributed by atoms with Crippen molar-refractivity contribution in [1.29, 1.82) is 0 Å². The van der Waals surface area contributed by atoms with Gasteiger partial charge in [0.25, 0.3) is 0 Å². The SMILES string of the molecule is CCOc1cccc(CN(C)C(=O)C(C)(C)Br)c1. The molecule has 0 saturated carbocycles. The molecule has 0 spiro atoms. The topological polar surface area (TPSA) is 29.5 Å². The van der Waals surface area contributed by atoms with E-state index in [0.717, 1.165) is 11.3 Å². The van der Waals surface area contributed by atoms with Crippen LogP contribution >= 0.6 is 15.9 Å². The van der Waals surface area contributed by atoms with E-state index in [2.05, 4.69) is 15.9 Å². The van der Waals surface area contributed by atoms with Crippen molar-refractivity contribution in [2.75, 3.05) is 13.7 Å². The number of amides is 1. The van der Waals surface area contributed by atoms with Crippen molar-refractivity contribution in [3.8, 4) is 5.75 Å². The molecule has 0 aliphatic rings. The van der Waals surface area contributed by atoms with E-state index in [1.165, 1.54) is 0 Å². The van der Waals surface area contributed by atoms with E-state index >= 15 is 0 Å². The monoisotopic (exact) mass is 313 g/mol. The second-order valence-corrected chi connectivity index (χ2v) is 6.70. The Morgan fingerprint density at radius 2 is 2.11 bits per heavy atom. The first-order chi connectivity index (χ1) is 8.34. The molecule has 0 heterocycles. The Morgan fingerprint density at radius 1 is 1.44 bits per heavy atom. The van der Waals surface area contributed by atoms with Crippen LogP contribution in [-0.4, -0.2) is 28.8 Å². The van der Waals surface area contributed by atoms with Gasteiger partial charge in [0, 0.05) is 13.6 Å². The number of benzene rings is 1. The Morgan fingerprint density at radius 3 is 2.67 bits per heavy atom. The summed E-state index contributed by atoms with van der Waals surface area (Å²) in [6, 6.07) is 7.82. The minimum Gasteiger partial charge on any atom is -0.494 e. The maximum atomic E-state index is 12.0. The first-order valence-electron chi connectivity index (χ1n) is 6.00. The molecule has 0 saturated heterocycles. The summed E-state index contributed by atoms with van der Waals surface area (Å²) >= 11 is 3.38. The molecule has 4 heteroatoms. The Labute approximate surface area is 117 Å². The van der Waals surface area contributed by atoms with E-state index in [-0.39, 0.29) is 5.91 Å². The van der Waals surface area contributed by atoms with E-state index in [1.807, 2.05) is 45.0 Å². The first kappa shape index (κ1) is 15.0. The Hall–Kier alpha value is -1.03. The largest absolute Gasteiger partial charge is 0.494 e. The summed E-state index contributed by atoms with van der Waals surface area (Å²) in [6.45, 7) is 6.88. The van der Waals surface area contributed by atoms with Crippen molar-refractivity contribution in [3.05, 3.63) is 29.8 Å². The molecule has 0 bridgehead atoms. The molecular formula is C14H20BrNO2. The summed E-state index contributed by atoms with van der Waals surface area (Å²) in [4.78, 5) is 13.7. The number of carbonyl (C=O) groups excluding carboxylic acids is 1. The van der Waals surface area contributed by atoms with Gasteiger partial charge < -0.3 is 9.64 Å². The number of alkyl halides is 1. The molecule has 100 valence electrons. The lowest BCUT2D eigenvalue weighted by Gasteiger charge is -2.24. The van der Waals surface area contributed by atoms with Crippen LogP contribution in [-0.2, 0) is 11.3 Å². The summed E-state index contributed by atoms with van der Waals surface area (Å²) in [5.74, 6) is 0.901. The van der Waals surface area contributed by atoms with Crippen LogP contribution in [0.25, 0.3) is 0 Å². The number of halogens is 1. The van der Waals surface area contributed by atoms with E-state index in [0.29, 0.717) is 13.2 Å². The Kier molecular flexibility index (Phi) is 5.20. The van der Waals surface area contributed by atoms with Crippen LogP contribution in [0.1, 0.15) is 26.3 Å². The molecule has 0 unspecified atom stereocenters. The zero-order valence-electron chi connectivity index (χ0n) is 11.4. The molecular weight excluding hydrogens is 294 g/mol. The fourth-order valence-electron chi connectivity index (χ4n) is 1.70. The smallest absolute Gasteiger partial charge is 0.238 e. The van der Waals surface area contributed by atoms with Crippen molar-refractivity contribution >= 4 is 21.8 Å². The van der Waals surface area contributed by atoms with Gasteiger partial charge in [-0.25, -0.2) is 0 Å². The summed E-state index contributed by atoms with van der Waals surface area (Å²) in [6.07, 6.45) is 0. The standard InChI is InChI=1S/C14H20BrNO2/c1-5-18-12-8-6-7-11(9-12)10-16(4)13(17)14(2,3)15/h6-9H,5,10H2,1-4H3. The van der Waals surface area contributed by atoms with Gasteiger partial charge >= 0.3 is 0 Å². The van der Waals surface area contributed by atoms with Gasteiger partial charge in [0.1, 0.15) is 5.75 Å². The molecule has 1 amide bonds. The highest BCUT2D eigenvalue weighted by Crippen LogP contribution is 2.20. The van der Waals surface area contributed by atoms with Gasteiger partial charge in [-0.3, -0.25) is 4.79 Å². The van der Waals surface area contributed by atoms with Crippen LogP contribution in [0.5, 0.6) is 5.75 Å². The molecule has 0 aliphatic carbocycles. The van der Waals surface area contributed by atoms with E-state index in [1.54, 1.807) is 11.9 Å². The highest BCUT2D eigenvalue weighted by Gasteiger charge is 2.26. The fraction of sp³-hybridized carbons (Fsp3) is 0.500. The van der Waals surface area contributed by atoms with Gasteiger partial charge in [-0.1, -0.05) is 28.1 Å². The maximum absolute atomic E-state index is 12.0. The highest BCUT2D eigenvalue weighted by molar-refractivity contribution is 9.10. The van der Waals surface area contributed by atoms with E-state index < -0.39 is 4.32 Å². The van der Waals surface area contributed by atoms with Gasteiger partial charge in [0.05, 0.1) is 10.9 Å². The summed E-state index contributed by atoms with van der Waals surface area (Å²) in [7, 11) is 1.80. The van der Waals surface area contributed by atoms with Gasteiger partial charge in [-0.2, -0.15) is 0 Å². The Balaban J connectivity index is 2.72. The second kappa shape index (κ2) is 6.23. The van der Waals surface area contributed by atoms with Crippen LogP contribution in [0.15, 0.2) is 24.3 Å². The predicted molar refractivity (Wildman–Crippen MR) is 77.1 cm³/mol. The number of nitrogens with zero attached hydrogens (tertiary/aromatic N) is 1. The van der Waals surface area contributed by atoms with Gasteiger partial charge in [0.2, 0.25) is 5.91 Å². The molecule has 0 aromatic heterocycles. The van der Waals surface area contributed by atoms with Crippen LogP contribution in [0.4, 0.5) is 0 Å². The fourth-order valence-corrected chi connectivity index (χ4v) is 2.00. The van der Waals surface area contributed by atoms with E-state index in [9.17, 15) is 4.79 Å². The van der Waals surface area contributed by atoms with Crippen LogP contribution < -0.4 is 4.74 Å². The molecule has 0 N–H and O–H groups in total. The molecule has 3 nitrogen and oxygen atoms in total. The first-order valence-corrected chi connectivity index (χ1v) is 6.80. The maximum Gasteiger partial charge on any atom is 0.238 e. The third kappa shape index (κ3) is 4.33. The molecule has 1 aromatic rings. The minimum atomic E-state index is -0.528. The average molecular weight is 314 g/mol. The lowest BCUT2D eigenvalue weighted by atomic mass is 10.1. The minimum absolute atomic E-state index is 0.0595. The summed E-state index contributed by atoms with van der Waals surface area (Å²) in [5.41, 5.74) is 1.06. The lowest BCUT2D eigenvalue weighted by Crippen LogP contribution is -2.38. The van der Waals surface area contributed by atoms with Crippen molar-refractivity contribution in [3.63, 3.8) is 0 Å². The van der Waals surface area contributed by atoms with Gasteiger partial charge in [0.15, 0.2) is 0 Å². The lowest BCUT2D eigenvalue weighted by molar-refractivity contribution is -0.131. The normalized spacial score (nSPS) is 11.2. The highest BCUT2D eigenvalue weighted by atomic mass is 79.9. The number of hydrogen-bond acceptors (Lipinski definition) is 2. The second-order valence-electron chi connectivity index (χ2n) is 4.71. The van der Waals surface area contributed by atoms with Crippen LogP contribution in [0.2, 0.25) is 0 Å². The number of hydrogen-bond donors (Lipinski definition) is 0. The molecule has 0 aliphatic heterocycles. The van der Waals surface area contributed by atoms with Gasteiger partial charge in [-0.15, -0.1) is 0 Å². The summed E-state index contributed by atoms with van der Waals surface area (Å²) in [5, 5.41) is 0. The zero-order chi connectivity index (χ0) is 13.8. The predicted octanol–water partition coefficient (Wildman–Crippen LogP) is 3.22. The van der Waals surface area contributed by atoms with Crippen molar-refractivity contribution in [2.24, 2.45) is 0 Å². The Bertz CT molecular complexity index is 413. The van der Waals surface area contributed by atoms with Crippen molar-refractivity contribution < 1.29 is 9.53 Å². The number of carbonyl (C=O) groups is 1.